The maximum atomic E-state index is 12.5. The summed E-state index contributed by atoms with van der Waals surface area (Å²) in [5.41, 5.74) is 6.62. The van der Waals surface area contributed by atoms with Gasteiger partial charge in [0.1, 0.15) is 23.8 Å². The smallest absolute Gasteiger partial charge is 0.410 e. The lowest BCUT2D eigenvalue weighted by molar-refractivity contribution is -0.137. The molecule has 2 unspecified atom stereocenters. The van der Waals surface area contributed by atoms with Crippen LogP contribution in [0, 0.1) is 17.8 Å². The van der Waals surface area contributed by atoms with Crippen molar-refractivity contribution in [1.82, 2.24) is 34.6 Å². The molecule has 5 heterocycles. The Hall–Kier alpha value is -4.00. The normalized spacial score (nSPS) is 26.7. The number of ether oxygens (including phenoxy) is 2. The average molecular weight is 571 g/mol. The number of fused-ring (bicyclic) bond motifs is 1. The molecule has 5 atom stereocenters. The summed E-state index contributed by atoms with van der Waals surface area (Å²) in [4.78, 5) is 52.5. The first-order valence-corrected chi connectivity index (χ1v) is 13.6. The van der Waals surface area contributed by atoms with Crippen LogP contribution in [-0.4, -0.2) is 115 Å². The van der Waals surface area contributed by atoms with Gasteiger partial charge in [0.25, 0.3) is 5.91 Å². The molecule has 0 spiro atoms. The van der Waals surface area contributed by atoms with Crippen molar-refractivity contribution in [2.24, 2.45) is 5.92 Å². The molecular formula is C26H34N8O7. The molecule has 2 aromatic rings. The van der Waals surface area contributed by atoms with Crippen molar-refractivity contribution in [3.8, 4) is 11.8 Å². The average Bonchev–Trinajstić information content (AvgIpc) is 3.60. The number of imidazole rings is 1. The van der Waals surface area contributed by atoms with E-state index in [2.05, 4.69) is 32.1 Å². The first-order chi connectivity index (χ1) is 19.7. The lowest BCUT2D eigenvalue weighted by Crippen LogP contribution is -2.42. The number of hydrogen-bond donors (Lipinski definition) is 4. The predicted molar refractivity (Wildman–Crippen MR) is 143 cm³/mol. The third-order valence-corrected chi connectivity index (χ3v) is 7.61. The lowest BCUT2D eigenvalue weighted by atomic mass is 9.94. The fourth-order valence-corrected chi connectivity index (χ4v) is 5.27. The van der Waals surface area contributed by atoms with Crippen molar-refractivity contribution < 1.29 is 34.1 Å². The maximum Gasteiger partial charge on any atom is 0.410 e. The Labute approximate surface area is 236 Å². The Bertz CT molecular complexity index is 1380. The number of aromatic nitrogens is 4. The summed E-state index contributed by atoms with van der Waals surface area (Å²) >= 11 is 0. The van der Waals surface area contributed by atoms with Crippen LogP contribution in [0.25, 0.3) is 11.2 Å². The molecule has 15 nitrogen and oxygen atoms in total. The number of carbonyl (C=O) groups excluding carboxylic acids is 3. The lowest BCUT2D eigenvalue weighted by Gasteiger charge is -2.31. The first kappa shape index (κ1) is 28.5. The van der Waals surface area contributed by atoms with Gasteiger partial charge in [-0.05, 0) is 31.6 Å². The van der Waals surface area contributed by atoms with Gasteiger partial charge in [-0.2, -0.15) is 0 Å². The highest BCUT2D eigenvalue weighted by Gasteiger charge is 2.47. The van der Waals surface area contributed by atoms with Crippen LogP contribution < -0.4 is 11.1 Å². The Morgan fingerprint density at radius 2 is 2.00 bits per heavy atom. The molecule has 5 rings (SSSR count). The van der Waals surface area contributed by atoms with E-state index < -0.39 is 42.6 Å². The fraction of sp³-hybridized carbons (Fsp3) is 0.615. The highest BCUT2D eigenvalue weighted by atomic mass is 16.6. The van der Waals surface area contributed by atoms with E-state index in [1.54, 1.807) is 23.8 Å². The summed E-state index contributed by atoms with van der Waals surface area (Å²) in [6, 6.07) is 0. The predicted octanol–water partition coefficient (Wildman–Crippen LogP) is -1.02. The number of nitrogen functional groups attached to an aromatic ring is 1. The molecule has 0 bridgehead atoms. The molecule has 0 radical (unpaired) electrons. The molecule has 5 N–H and O–H groups in total. The molecule has 2 aromatic heterocycles. The zero-order valence-electron chi connectivity index (χ0n) is 22.9. The van der Waals surface area contributed by atoms with Gasteiger partial charge in [-0.25, -0.2) is 19.7 Å². The van der Waals surface area contributed by atoms with E-state index in [1.807, 2.05) is 0 Å². The summed E-state index contributed by atoms with van der Waals surface area (Å²) in [5, 5.41) is 23.5. The van der Waals surface area contributed by atoms with E-state index in [9.17, 15) is 24.6 Å². The third-order valence-electron chi connectivity index (χ3n) is 7.61. The number of likely N-dealkylation sites (tertiary alicyclic amines) is 2. The molecule has 0 aromatic carbocycles. The van der Waals surface area contributed by atoms with Gasteiger partial charge in [-0.15, -0.1) is 0 Å². The minimum absolute atomic E-state index is 0.0252. The molecule has 3 saturated heterocycles. The molecule has 3 aliphatic rings. The second-order valence-electron chi connectivity index (χ2n) is 10.5. The van der Waals surface area contributed by atoms with E-state index in [0.29, 0.717) is 32.6 Å². The highest BCUT2D eigenvalue weighted by Crippen LogP contribution is 2.32. The van der Waals surface area contributed by atoms with Crippen LogP contribution in [0.2, 0.25) is 0 Å². The zero-order valence-corrected chi connectivity index (χ0v) is 22.9. The number of anilines is 1. The van der Waals surface area contributed by atoms with E-state index in [4.69, 9.17) is 15.2 Å². The van der Waals surface area contributed by atoms with Crippen LogP contribution in [-0.2, 0) is 19.1 Å². The van der Waals surface area contributed by atoms with Crippen LogP contribution >= 0.6 is 0 Å². The summed E-state index contributed by atoms with van der Waals surface area (Å²) in [6.45, 7) is 3.59. The largest absolute Gasteiger partial charge is 0.444 e. The van der Waals surface area contributed by atoms with Gasteiger partial charge < -0.3 is 40.5 Å². The van der Waals surface area contributed by atoms with Crippen molar-refractivity contribution >= 4 is 34.9 Å². The highest BCUT2D eigenvalue weighted by molar-refractivity contribution is 5.83. The monoisotopic (exact) mass is 570 g/mol. The van der Waals surface area contributed by atoms with E-state index >= 15 is 0 Å². The summed E-state index contributed by atoms with van der Waals surface area (Å²) in [5.74, 6) is 5.99. The number of nitrogens with one attached hydrogen (secondary N) is 1. The topological polar surface area (TPSA) is 198 Å². The van der Waals surface area contributed by atoms with E-state index in [1.165, 1.54) is 10.9 Å². The number of carbonyl (C=O) groups is 3. The number of piperidine rings is 1. The van der Waals surface area contributed by atoms with E-state index in [-0.39, 0.29) is 41.1 Å². The standard InChI is InChI=1S/C26H34N8O7/c1-3-28-24(38)21-19(36)20(37)25(41-21)34-13-29-18-22(27)30-16(31-23(18)34)6-4-5-14-7-9-33(10-8-14)26(39)40-15-11-17(35)32(2)12-15/h13-15,19-21,25,36-37H,3,5,7-12H2,1-2H3,(H,28,38)(H2,27,30,31)/t15?,19-,20?,21+,25-/m1/s1. The van der Waals surface area contributed by atoms with Crippen molar-refractivity contribution in [2.75, 3.05) is 39.0 Å². The molecule has 0 saturated carbocycles. The molecular weight excluding hydrogens is 536 g/mol. The number of likely N-dealkylation sites (N-methyl/N-ethyl adjacent to an activating group) is 2. The third kappa shape index (κ3) is 5.90. The molecule has 0 aliphatic carbocycles. The summed E-state index contributed by atoms with van der Waals surface area (Å²) < 4.78 is 12.6. The Kier molecular flexibility index (Phi) is 8.25. The van der Waals surface area contributed by atoms with Gasteiger partial charge >= 0.3 is 6.09 Å². The van der Waals surface area contributed by atoms with Gasteiger partial charge in [-0.3, -0.25) is 14.2 Å². The van der Waals surface area contributed by atoms with Gasteiger partial charge in [0.05, 0.1) is 19.3 Å². The van der Waals surface area contributed by atoms with Crippen molar-refractivity contribution in [3.05, 3.63) is 12.2 Å². The van der Waals surface area contributed by atoms with Crippen molar-refractivity contribution in [2.45, 2.75) is 63.3 Å². The fourth-order valence-electron chi connectivity index (χ4n) is 5.27. The van der Waals surface area contributed by atoms with Crippen molar-refractivity contribution in [1.29, 1.82) is 0 Å². The zero-order chi connectivity index (χ0) is 29.3. The van der Waals surface area contributed by atoms with Crippen LogP contribution in [0.3, 0.4) is 0 Å². The number of rotatable bonds is 5. The maximum absolute atomic E-state index is 12.5. The van der Waals surface area contributed by atoms with Gasteiger partial charge in [0, 0.05) is 33.1 Å². The number of hydrogen-bond acceptors (Lipinski definition) is 11. The SMILES string of the molecule is CCNC(=O)[C@H]1O[C@@H](n2cnc3c(N)nc(C#CCC4CCN(C(=O)OC5CC(=O)N(C)C5)CC4)nc32)C(O)[C@H]1O. The number of aliphatic hydroxyl groups is 2. The van der Waals surface area contributed by atoms with Crippen molar-refractivity contribution in [3.63, 3.8) is 0 Å². The van der Waals surface area contributed by atoms with Crippen LogP contribution in [0.5, 0.6) is 0 Å². The minimum Gasteiger partial charge on any atom is -0.444 e. The quantitative estimate of drug-likeness (QED) is 0.321. The molecule has 3 amide bonds. The van der Waals surface area contributed by atoms with Crippen LogP contribution in [0.4, 0.5) is 10.6 Å². The second-order valence-corrected chi connectivity index (χ2v) is 10.5. The first-order valence-electron chi connectivity index (χ1n) is 13.6. The van der Waals surface area contributed by atoms with E-state index in [0.717, 1.165) is 12.8 Å². The summed E-state index contributed by atoms with van der Waals surface area (Å²) in [6.07, 6.45) is -2.36. The molecule has 41 heavy (non-hydrogen) atoms. The number of aliphatic hydroxyl groups excluding tert-OH is 2. The Morgan fingerprint density at radius 3 is 2.68 bits per heavy atom. The number of amides is 3. The van der Waals surface area contributed by atoms with Crippen LogP contribution in [0.15, 0.2) is 6.33 Å². The molecule has 3 aliphatic heterocycles. The minimum atomic E-state index is -1.44. The van der Waals surface area contributed by atoms with Crippen LogP contribution in [0.1, 0.15) is 44.7 Å². The Balaban J connectivity index is 1.20. The number of nitrogens with two attached hydrogens (primary N) is 1. The molecule has 3 fully saturated rings. The van der Waals surface area contributed by atoms with Gasteiger partial charge in [-0.1, -0.05) is 5.92 Å². The van der Waals surface area contributed by atoms with Gasteiger partial charge in [0.15, 0.2) is 23.8 Å². The summed E-state index contributed by atoms with van der Waals surface area (Å²) in [7, 11) is 1.69. The Morgan fingerprint density at radius 1 is 1.24 bits per heavy atom. The molecule has 15 heteroatoms. The molecule has 220 valence electrons. The van der Waals surface area contributed by atoms with Gasteiger partial charge in [0.2, 0.25) is 11.7 Å². The second kappa shape index (κ2) is 11.9. The number of nitrogens with zero attached hydrogens (tertiary/aromatic N) is 6.